The van der Waals surface area contributed by atoms with Gasteiger partial charge in [-0.15, -0.1) is 0 Å². The van der Waals surface area contributed by atoms with E-state index in [4.69, 9.17) is 9.72 Å². The fourth-order valence-electron chi connectivity index (χ4n) is 4.00. The summed E-state index contributed by atoms with van der Waals surface area (Å²) in [5.41, 5.74) is 9.48. The Hall–Kier alpha value is -3.13. The lowest BCUT2D eigenvalue weighted by Gasteiger charge is -2.17. The van der Waals surface area contributed by atoms with Gasteiger partial charge >= 0.3 is 0 Å². The summed E-state index contributed by atoms with van der Waals surface area (Å²) in [5.74, 6) is 1.23. The van der Waals surface area contributed by atoms with Crippen LogP contribution in [-0.4, -0.2) is 4.98 Å². The second kappa shape index (κ2) is 8.08. The Morgan fingerprint density at radius 3 is 2.24 bits per heavy atom. The van der Waals surface area contributed by atoms with E-state index in [1.54, 1.807) is 0 Å². The van der Waals surface area contributed by atoms with Crippen molar-refractivity contribution < 1.29 is 4.74 Å². The molecule has 1 heterocycles. The molecule has 0 aliphatic heterocycles. The molecule has 0 spiro atoms. The molecule has 146 valence electrons. The molecule has 29 heavy (non-hydrogen) atoms. The fraction of sp³-hybridized carbons (Fsp3) is 0.222. The predicted octanol–water partition coefficient (Wildman–Crippen LogP) is 6.93. The van der Waals surface area contributed by atoms with E-state index >= 15 is 0 Å². The topological polar surface area (TPSA) is 22.1 Å². The smallest absolute Gasteiger partial charge is 0.123 e. The highest BCUT2D eigenvalue weighted by molar-refractivity contribution is 5.67. The number of nitrogens with zero attached hydrogens (tertiary/aromatic N) is 1. The Bertz CT molecular complexity index is 1070. The van der Waals surface area contributed by atoms with E-state index in [1.807, 2.05) is 18.2 Å². The van der Waals surface area contributed by atoms with Crippen LogP contribution in [-0.2, 0) is 6.61 Å². The van der Waals surface area contributed by atoms with Crippen LogP contribution in [0.4, 0.5) is 0 Å². The van der Waals surface area contributed by atoms with Crippen LogP contribution in [0.1, 0.15) is 42.1 Å². The van der Waals surface area contributed by atoms with Gasteiger partial charge in [0, 0.05) is 11.5 Å². The maximum atomic E-state index is 6.09. The monoisotopic (exact) mass is 381 g/mol. The summed E-state index contributed by atoms with van der Waals surface area (Å²) in [5, 5.41) is 0. The van der Waals surface area contributed by atoms with Crippen LogP contribution in [0.15, 0.2) is 84.0 Å². The van der Waals surface area contributed by atoms with E-state index in [9.17, 15) is 0 Å². The summed E-state index contributed by atoms with van der Waals surface area (Å²) in [6.45, 7) is 9.17. The van der Waals surface area contributed by atoms with Crippen LogP contribution < -0.4 is 4.74 Å². The van der Waals surface area contributed by atoms with E-state index in [0.717, 1.165) is 28.3 Å². The first-order chi connectivity index (χ1) is 14.0. The molecule has 1 aromatic heterocycles. The summed E-state index contributed by atoms with van der Waals surface area (Å²) in [6, 6.07) is 20.9. The van der Waals surface area contributed by atoms with Crippen molar-refractivity contribution in [3.05, 3.63) is 106 Å². The lowest BCUT2D eigenvalue weighted by Crippen LogP contribution is -2.03. The maximum Gasteiger partial charge on any atom is 0.123 e. The minimum Gasteiger partial charge on any atom is -0.489 e. The number of hydrogen-bond donors (Lipinski definition) is 0. The Labute approximate surface area is 173 Å². The quantitative estimate of drug-likeness (QED) is 0.478. The van der Waals surface area contributed by atoms with Crippen molar-refractivity contribution in [1.82, 2.24) is 4.98 Å². The molecule has 1 aliphatic carbocycles. The van der Waals surface area contributed by atoms with E-state index in [0.29, 0.717) is 12.5 Å². The van der Waals surface area contributed by atoms with Crippen molar-refractivity contribution in [2.24, 2.45) is 0 Å². The third kappa shape index (κ3) is 4.02. The fourth-order valence-corrected chi connectivity index (χ4v) is 4.00. The van der Waals surface area contributed by atoms with Gasteiger partial charge in [0.25, 0.3) is 0 Å². The van der Waals surface area contributed by atoms with E-state index < -0.39 is 0 Å². The van der Waals surface area contributed by atoms with Gasteiger partial charge in [-0.25, -0.2) is 0 Å². The van der Waals surface area contributed by atoms with Gasteiger partial charge in [0.2, 0.25) is 0 Å². The summed E-state index contributed by atoms with van der Waals surface area (Å²) < 4.78 is 6.09. The third-order valence-corrected chi connectivity index (χ3v) is 5.62. The molecule has 1 aliphatic rings. The zero-order valence-corrected chi connectivity index (χ0v) is 17.6. The minimum absolute atomic E-state index is 0.296. The normalized spacial score (nSPS) is 13.9. The Morgan fingerprint density at radius 2 is 1.52 bits per heavy atom. The first kappa shape index (κ1) is 19.2. The number of allylic oxidation sites excluding steroid dienone is 4. The largest absolute Gasteiger partial charge is 0.489 e. The zero-order chi connectivity index (χ0) is 20.4. The Balaban J connectivity index is 1.61. The number of hydrogen-bond acceptors (Lipinski definition) is 2. The van der Waals surface area contributed by atoms with Crippen LogP contribution in [0.5, 0.6) is 5.75 Å². The van der Waals surface area contributed by atoms with Crippen LogP contribution in [0.3, 0.4) is 0 Å². The molecule has 0 saturated heterocycles. The molecular weight excluding hydrogens is 354 g/mol. The Morgan fingerprint density at radius 1 is 0.793 bits per heavy atom. The van der Waals surface area contributed by atoms with Gasteiger partial charge in [0.05, 0.1) is 11.4 Å². The Kier molecular flexibility index (Phi) is 5.35. The SMILES string of the molecule is CC1=CC=C(C)C1c1cccc(-c2cc(C)c(OCc3ccccc3)cc2C)n1. The molecular formula is C27H27NO. The molecule has 0 atom stereocenters. The second-order valence-electron chi connectivity index (χ2n) is 7.91. The number of rotatable bonds is 5. The van der Waals surface area contributed by atoms with E-state index in [-0.39, 0.29) is 0 Å². The average Bonchev–Trinajstić information content (AvgIpc) is 3.07. The van der Waals surface area contributed by atoms with Crippen molar-refractivity contribution in [2.45, 2.75) is 40.2 Å². The van der Waals surface area contributed by atoms with Crippen molar-refractivity contribution >= 4 is 0 Å². The number of aromatic nitrogens is 1. The average molecular weight is 382 g/mol. The number of benzene rings is 2. The second-order valence-corrected chi connectivity index (χ2v) is 7.91. The van der Waals surface area contributed by atoms with Crippen molar-refractivity contribution in [1.29, 1.82) is 0 Å². The van der Waals surface area contributed by atoms with Gasteiger partial charge in [-0.05, 0) is 68.7 Å². The van der Waals surface area contributed by atoms with Crippen molar-refractivity contribution in [3.8, 4) is 17.0 Å². The van der Waals surface area contributed by atoms with E-state index in [1.165, 1.54) is 22.3 Å². The van der Waals surface area contributed by atoms with Crippen LogP contribution in [0, 0.1) is 13.8 Å². The van der Waals surface area contributed by atoms with Gasteiger partial charge in [-0.1, -0.05) is 59.7 Å². The summed E-state index contributed by atoms with van der Waals surface area (Å²) >= 11 is 0. The van der Waals surface area contributed by atoms with Gasteiger partial charge in [-0.2, -0.15) is 0 Å². The first-order valence-corrected chi connectivity index (χ1v) is 10.1. The number of aryl methyl sites for hydroxylation is 2. The lowest BCUT2D eigenvalue weighted by molar-refractivity contribution is 0.304. The van der Waals surface area contributed by atoms with E-state index in [2.05, 4.69) is 82.3 Å². The first-order valence-electron chi connectivity index (χ1n) is 10.1. The van der Waals surface area contributed by atoms with Gasteiger partial charge in [-0.3, -0.25) is 4.98 Å². The molecule has 2 heteroatoms. The minimum atomic E-state index is 0.296. The molecule has 0 radical (unpaired) electrons. The highest BCUT2D eigenvalue weighted by Gasteiger charge is 2.21. The standard InChI is InChI=1S/C27H27NO/c1-18-13-14-19(2)27(18)25-12-8-11-24(28-25)23-15-21(4)26(16-20(23)3)29-17-22-9-6-5-7-10-22/h5-16,27H,17H2,1-4H3. The predicted molar refractivity (Wildman–Crippen MR) is 120 cm³/mol. The molecule has 4 rings (SSSR count). The highest BCUT2D eigenvalue weighted by atomic mass is 16.5. The number of ether oxygens (including phenoxy) is 1. The molecule has 0 amide bonds. The van der Waals surface area contributed by atoms with Gasteiger partial charge in [0.1, 0.15) is 12.4 Å². The molecule has 0 saturated carbocycles. The molecule has 2 nitrogen and oxygen atoms in total. The molecule has 0 bridgehead atoms. The van der Waals surface area contributed by atoms with Crippen LogP contribution in [0.25, 0.3) is 11.3 Å². The summed E-state index contributed by atoms with van der Waals surface area (Å²) in [6.07, 6.45) is 4.39. The molecule has 2 aromatic carbocycles. The summed E-state index contributed by atoms with van der Waals surface area (Å²) in [4.78, 5) is 5.03. The van der Waals surface area contributed by atoms with Crippen LogP contribution in [0.2, 0.25) is 0 Å². The third-order valence-electron chi connectivity index (χ3n) is 5.62. The molecule has 0 fully saturated rings. The molecule has 0 N–H and O–H groups in total. The van der Waals surface area contributed by atoms with Gasteiger partial charge < -0.3 is 4.74 Å². The maximum absolute atomic E-state index is 6.09. The van der Waals surface area contributed by atoms with Crippen molar-refractivity contribution in [2.75, 3.05) is 0 Å². The molecule has 0 unspecified atom stereocenters. The summed E-state index contributed by atoms with van der Waals surface area (Å²) in [7, 11) is 0. The molecule has 3 aromatic rings. The highest BCUT2D eigenvalue weighted by Crippen LogP contribution is 2.36. The van der Waals surface area contributed by atoms with Gasteiger partial charge in [0.15, 0.2) is 0 Å². The number of pyridine rings is 1. The van der Waals surface area contributed by atoms with Crippen LogP contribution >= 0.6 is 0 Å². The lowest BCUT2D eigenvalue weighted by atomic mass is 9.93. The zero-order valence-electron chi connectivity index (χ0n) is 17.6. The van der Waals surface area contributed by atoms with Crippen molar-refractivity contribution in [3.63, 3.8) is 0 Å².